The quantitative estimate of drug-likeness (QED) is 0.853. The molecular formula is C18H15ClF2N2O2. The van der Waals surface area contributed by atoms with E-state index in [1.54, 1.807) is 12.1 Å². The van der Waals surface area contributed by atoms with Crippen LogP contribution in [0.4, 0.5) is 14.5 Å². The second kappa shape index (κ2) is 7.19. The molecule has 2 atom stereocenters. The minimum Gasteiger partial charge on any atom is -0.352 e. The fourth-order valence-corrected chi connectivity index (χ4v) is 2.69. The third-order valence-electron chi connectivity index (χ3n) is 4.03. The van der Waals surface area contributed by atoms with Crippen molar-refractivity contribution in [3.05, 3.63) is 64.7 Å². The molecule has 2 amide bonds. The van der Waals surface area contributed by atoms with Gasteiger partial charge in [-0.3, -0.25) is 9.59 Å². The van der Waals surface area contributed by atoms with Crippen LogP contribution in [0.3, 0.4) is 0 Å². The molecule has 2 aromatic carbocycles. The second-order valence-electron chi connectivity index (χ2n) is 5.91. The maximum absolute atomic E-state index is 13.1. The predicted octanol–water partition coefficient (Wildman–Crippen LogP) is 3.51. The summed E-state index contributed by atoms with van der Waals surface area (Å²) in [4.78, 5) is 24.2. The Morgan fingerprint density at radius 2 is 1.72 bits per heavy atom. The van der Waals surface area contributed by atoms with Gasteiger partial charge < -0.3 is 10.6 Å². The first kappa shape index (κ1) is 17.4. The van der Waals surface area contributed by atoms with E-state index in [9.17, 15) is 18.4 Å². The Kier molecular flexibility index (Phi) is 4.99. The van der Waals surface area contributed by atoms with Crippen LogP contribution in [0.15, 0.2) is 42.5 Å². The lowest BCUT2D eigenvalue weighted by Gasteiger charge is -2.07. The van der Waals surface area contributed by atoms with Crippen LogP contribution in [-0.2, 0) is 16.1 Å². The highest BCUT2D eigenvalue weighted by atomic mass is 35.5. The van der Waals surface area contributed by atoms with E-state index >= 15 is 0 Å². The number of benzene rings is 2. The fourth-order valence-electron chi connectivity index (χ4n) is 2.51. The molecule has 0 radical (unpaired) electrons. The largest absolute Gasteiger partial charge is 0.352 e. The van der Waals surface area contributed by atoms with Gasteiger partial charge >= 0.3 is 0 Å². The molecular weight excluding hydrogens is 350 g/mol. The first-order valence-corrected chi connectivity index (χ1v) is 8.10. The average molecular weight is 365 g/mol. The van der Waals surface area contributed by atoms with Crippen LogP contribution >= 0.6 is 11.6 Å². The van der Waals surface area contributed by atoms with Crippen molar-refractivity contribution in [2.45, 2.75) is 13.0 Å². The number of carbonyl (C=O) groups excluding carboxylic acids is 2. The topological polar surface area (TPSA) is 58.2 Å². The normalized spacial score (nSPS) is 18.5. The van der Waals surface area contributed by atoms with Crippen molar-refractivity contribution in [1.82, 2.24) is 5.32 Å². The summed E-state index contributed by atoms with van der Waals surface area (Å²) in [6.07, 6.45) is 0.454. The summed E-state index contributed by atoms with van der Waals surface area (Å²) in [7, 11) is 0. The summed E-state index contributed by atoms with van der Waals surface area (Å²) in [6, 6.07) is 9.71. The Labute approximate surface area is 148 Å². The minimum absolute atomic E-state index is 0.0813. The minimum atomic E-state index is -0.566. The van der Waals surface area contributed by atoms with Gasteiger partial charge in [0.2, 0.25) is 11.8 Å². The lowest BCUT2D eigenvalue weighted by Crippen LogP contribution is -2.27. The van der Waals surface area contributed by atoms with Gasteiger partial charge in [-0.15, -0.1) is 0 Å². The van der Waals surface area contributed by atoms with Crippen LogP contribution in [0.2, 0.25) is 5.02 Å². The Balaban J connectivity index is 1.49. The zero-order valence-electron chi connectivity index (χ0n) is 13.1. The molecule has 3 rings (SSSR count). The number of nitrogens with one attached hydrogen (secondary N) is 2. The number of hydrogen-bond acceptors (Lipinski definition) is 2. The van der Waals surface area contributed by atoms with E-state index in [-0.39, 0.29) is 29.2 Å². The van der Waals surface area contributed by atoms with Crippen molar-refractivity contribution in [2.24, 2.45) is 11.8 Å². The Morgan fingerprint density at radius 3 is 2.40 bits per heavy atom. The molecule has 1 aliphatic rings. The average Bonchev–Trinajstić information content (AvgIpc) is 3.38. The summed E-state index contributed by atoms with van der Waals surface area (Å²) in [6.45, 7) is 0.275. The van der Waals surface area contributed by atoms with Crippen molar-refractivity contribution >= 4 is 29.1 Å². The van der Waals surface area contributed by atoms with Crippen LogP contribution in [0, 0.1) is 23.5 Å². The molecule has 0 aromatic heterocycles. The molecule has 2 N–H and O–H groups in total. The summed E-state index contributed by atoms with van der Waals surface area (Å²) < 4.78 is 25.9. The van der Waals surface area contributed by atoms with Gasteiger partial charge in [-0.1, -0.05) is 23.7 Å². The molecule has 1 saturated carbocycles. The molecule has 4 nitrogen and oxygen atoms in total. The highest BCUT2D eigenvalue weighted by Gasteiger charge is 2.47. The Bertz CT molecular complexity index is 811. The molecule has 0 heterocycles. The van der Waals surface area contributed by atoms with Gasteiger partial charge in [0.1, 0.15) is 11.6 Å². The maximum atomic E-state index is 13.1. The molecule has 1 fully saturated rings. The van der Waals surface area contributed by atoms with E-state index in [1.807, 2.05) is 0 Å². The van der Waals surface area contributed by atoms with E-state index in [0.717, 1.165) is 11.6 Å². The molecule has 0 aliphatic heterocycles. The van der Waals surface area contributed by atoms with E-state index in [0.29, 0.717) is 12.1 Å². The number of carbonyl (C=O) groups is 2. The third kappa shape index (κ3) is 4.33. The molecule has 7 heteroatoms. The monoisotopic (exact) mass is 364 g/mol. The summed E-state index contributed by atoms with van der Waals surface area (Å²) in [5.41, 5.74) is 1.16. The summed E-state index contributed by atoms with van der Waals surface area (Å²) >= 11 is 5.67. The summed E-state index contributed by atoms with van der Waals surface area (Å²) in [5.74, 6) is -2.24. The highest BCUT2D eigenvalue weighted by molar-refractivity contribution is 6.31. The van der Waals surface area contributed by atoms with Crippen LogP contribution in [0.5, 0.6) is 0 Å². The van der Waals surface area contributed by atoms with E-state index in [1.165, 1.54) is 24.3 Å². The molecule has 130 valence electrons. The second-order valence-corrected chi connectivity index (χ2v) is 6.32. The zero-order chi connectivity index (χ0) is 18.0. The van der Waals surface area contributed by atoms with Crippen LogP contribution in [-0.4, -0.2) is 11.8 Å². The van der Waals surface area contributed by atoms with E-state index in [2.05, 4.69) is 10.6 Å². The molecule has 0 saturated heterocycles. The summed E-state index contributed by atoms with van der Waals surface area (Å²) in [5, 5.41) is 5.28. The smallest absolute Gasteiger partial charge is 0.228 e. The van der Waals surface area contributed by atoms with Crippen LogP contribution in [0.25, 0.3) is 0 Å². The van der Waals surface area contributed by atoms with Gasteiger partial charge in [-0.2, -0.15) is 0 Å². The van der Waals surface area contributed by atoms with Gasteiger partial charge in [0.25, 0.3) is 0 Å². The first-order valence-electron chi connectivity index (χ1n) is 7.72. The fraction of sp³-hybridized carbons (Fsp3) is 0.222. The van der Waals surface area contributed by atoms with Gasteiger partial charge in [-0.25, -0.2) is 8.78 Å². The molecule has 2 aromatic rings. The highest BCUT2D eigenvalue weighted by Crippen LogP contribution is 2.39. The number of amides is 2. The van der Waals surface area contributed by atoms with Gasteiger partial charge in [0.15, 0.2) is 0 Å². The molecule has 0 spiro atoms. The first-order chi connectivity index (χ1) is 11.9. The van der Waals surface area contributed by atoms with Crippen molar-refractivity contribution in [3.63, 3.8) is 0 Å². The number of anilines is 1. The Morgan fingerprint density at radius 1 is 1.04 bits per heavy atom. The number of halogens is 3. The zero-order valence-corrected chi connectivity index (χ0v) is 13.8. The SMILES string of the molecule is O=C(NCc1ccc(F)cc1)C1CC1C(=O)Nc1ccc(F)c(Cl)c1. The predicted molar refractivity (Wildman–Crippen MR) is 89.9 cm³/mol. The van der Waals surface area contributed by atoms with E-state index < -0.39 is 17.7 Å². The lowest BCUT2D eigenvalue weighted by molar-refractivity contribution is -0.125. The van der Waals surface area contributed by atoms with E-state index in [4.69, 9.17) is 11.6 Å². The van der Waals surface area contributed by atoms with Crippen molar-refractivity contribution in [2.75, 3.05) is 5.32 Å². The molecule has 2 unspecified atom stereocenters. The molecule has 25 heavy (non-hydrogen) atoms. The maximum Gasteiger partial charge on any atom is 0.228 e. The van der Waals surface area contributed by atoms with Crippen molar-refractivity contribution < 1.29 is 18.4 Å². The van der Waals surface area contributed by atoms with Crippen molar-refractivity contribution in [3.8, 4) is 0 Å². The number of rotatable bonds is 5. The van der Waals surface area contributed by atoms with Gasteiger partial charge in [-0.05, 0) is 42.3 Å². The lowest BCUT2D eigenvalue weighted by atomic mass is 10.2. The molecule has 0 bridgehead atoms. The third-order valence-corrected chi connectivity index (χ3v) is 4.32. The van der Waals surface area contributed by atoms with Crippen molar-refractivity contribution in [1.29, 1.82) is 0 Å². The van der Waals surface area contributed by atoms with Crippen LogP contribution in [0.1, 0.15) is 12.0 Å². The van der Waals surface area contributed by atoms with Gasteiger partial charge in [0.05, 0.1) is 16.9 Å². The van der Waals surface area contributed by atoms with Crippen LogP contribution < -0.4 is 10.6 Å². The van der Waals surface area contributed by atoms with Gasteiger partial charge in [0, 0.05) is 12.2 Å². The standard InChI is InChI=1S/C18H15ClF2N2O2/c19-15-7-12(5-6-16(15)21)23-18(25)14-8-13(14)17(24)22-9-10-1-3-11(20)4-2-10/h1-7,13-14H,8-9H2,(H,22,24)(H,23,25). The Hall–Kier alpha value is -2.47. The number of hydrogen-bond donors (Lipinski definition) is 2. The molecule has 1 aliphatic carbocycles.